The third-order valence-electron chi connectivity index (χ3n) is 5.96. The number of carbonyl (C=O) groups is 3. The number of amides is 4. The monoisotopic (exact) mass is 502 g/mol. The molecule has 0 radical (unpaired) electrons. The van der Waals surface area contributed by atoms with Gasteiger partial charge in [-0.3, -0.25) is 9.59 Å². The fourth-order valence-corrected chi connectivity index (χ4v) is 5.04. The SMILES string of the molecule is Cc1ccccc1CNC(=O)[C@H]1N(C(=O)C(O)C(C)NC(=O)Nc2cccc(F)c2)CSC1(C)C. The number of aliphatic hydroxyl groups excluding tert-OH is 1. The van der Waals surface area contributed by atoms with Crippen molar-refractivity contribution in [2.75, 3.05) is 11.2 Å². The van der Waals surface area contributed by atoms with Crippen LogP contribution >= 0.6 is 11.8 Å². The first-order valence-electron chi connectivity index (χ1n) is 11.3. The van der Waals surface area contributed by atoms with Crippen LogP contribution in [0.1, 0.15) is 31.9 Å². The van der Waals surface area contributed by atoms with E-state index in [1.165, 1.54) is 41.8 Å². The number of anilines is 1. The molecule has 1 saturated heterocycles. The van der Waals surface area contributed by atoms with E-state index in [2.05, 4.69) is 16.0 Å². The summed E-state index contributed by atoms with van der Waals surface area (Å²) in [5.41, 5.74) is 2.26. The second-order valence-electron chi connectivity index (χ2n) is 9.07. The molecule has 1 aliphatic heterocycles. The Bertz CT molecular complexity index is 1100. The van der Waals surface area contributed by atoms with Gasteiger partial charge in [0.05, 0.1) is 11.9 Å². The number of rotatable bonds is 7. The summed E-state index contributed by atoms with van der Waals surface area (Å²) in [5, 5.41) is 18.6. The van der Waals surface area contributed by atoms with Crippen molar-refractivity contribution < 1.29 is 23.9 Å². The smallest absolute Gasteiger partial charge is 0.319 e. The van der Waals surface area contributed by atoms with Gasteiger partial charge in [0, 0.05) is 17.0 Å². The number of halogens is 1. The van der Waals surface area contributed by atoms with Gasteiger partial charge in [0.25, 0.3) is 5.91 Å². The van der Waals surface area contributed by atoms with E-state index in [0.29, 0.717) is 6.54 Å². The van der Waals surface area contributed by atoms with E-state index in [1.54, 1.807) is 0 Å². The van der Waals surface area contributed by atoms with Crippen LogP contribution in [0, 0.1) is 12.7 Å². The number of hydrogen-bond donors (Lipinski definition) is 4. The number of urea groups is 1. The minimum Gasteiger partial charge on any atom is -0.381 e. The zero-order valence-corrected chi connectivity index (χ0v) is 21.0. The number of benzene rings is 2. The van der Waals surface area contributed by atoms with Crippen molar-refractivity contribution in [2.24, 2.45) is 0 Å². The molecule has 10 heteroatoms. The molecule has 188 valence electrons. The van der Waals surface area contributed by atoms with Gasteiger partial charge in [-0.15, -0.1) is 11.8 Å². The van der Waals surface area contributed by atoms with Crippen molar-refractivity contribution in [3.8, 4) is 0 Å². The summed E-state index contributed by atoms with van der Waals surface area (Å²) >= 11 is 1.44. The second kappa shape index (κ2) is 11.1. The average molecular weight is 503 g/mol. The fraction of sp³-hybridized carbons (Fsp3) is 0.400. The minimum absolute atomic E-state index is 0.230. The van der Waals surface area contributed by atoms with Crippen molar-refractivity contribution in [1.82, 2.24) is 15.5 Å². The highest BCUT2D eigenvalue weighted by molar-refractivity contribution is 8.00. The first-order chi connectivity index (χ1) is 16.5. The molecule has 8 nitrogen and oxygen atoms in total. The number of nitrogens with zero attached hydrogens (tertiary/aromatic N) is 1. The number of nitrogens with one attached hydrogen (secondary N) is 3. The van der Waals surface area contributed by atoms with E-state index in [4.69, 9.17) is 0 Å². The van der Waals surface area contributed by atoms with Crippen molar-refractivity contribution in [3.05, 3.63) is 65.5 Å². The standard InChI is InChI=1S/C25H31FN4O4S/c1-15-8-5-6-9-17(15)13-27-22(32)21-25(3,4)35-14-30(21)23(33)20(31)16(2)28-24(34)29-19-11-7-10-18(26)12-19/h5-12,16,20-21,31H,13-14H2,1-4H3,(H,27,32)(H2,28,29,34)/t16?,20?,21-/m1/s1. The zero-order valence-electron chi connectivity index (χ0n) is 20.2. The molecule has 0 aromatic heterocycles. The number of hydrogen-bond acceptors (Lipinski definition) is 5. The largest absolute Gasteiger partial charge is 0.381 e. The van der Waals surface area contributed by atoms with Gasteiger partial charge in [0.1, 0.15) is 11.9 Å². The molecule has 4 amide bonds. The van der Waals surface area contributed by atoms with Gasteiger partial charge in [-0.05, 0) is 57.0 Å². The second-order valence-corrected chi connectivity index (χ2v) is 10.7. The molecule has 0 spiro atoms. The van der Waals surface area contributed by atoms with Gasteiger partial charge in [0.15, 0.2) is 6.10 Å². The molecule has 1 aliphatic rings. The van der Waals surface area contributed by atoms with Gasteiger partial charge in [0.2, 0.25) is 5.91 Å². The Morgan fingerprint density at radius 2 is 1.91 bits per heavy atom. The summed E-state index contributed by atoms with van der Waals surface area (Å²) in [6, 6.07) is 10.6. The van der Waals surface area contributed by atoms with Crippen molar-refractivity contribution >= 4 is 35.3 Å². The molecule has 0 aliphatic carbocycles. The van der Waals surface area contributed by atoms with Crippen LogP contribution in [0.5, 0.6) is 0 Å². The van der Waals surface area contributed by atoms with Gasteiger partial charge < -0.3 is 26.0 Å². The van der Waals surface area contributed by atoms with E-state index in [1.807, 2.05) is 45.0 Å². The summed E-state index contributed by atoms with van der Waals surface area (Å²) in [4.78, 5) is 39.9. The highest BCUT2D eigenvalue weighted by Gasteiger charge is 2.49. The third-order valence-corrected chi connectivity index (χ3v) is 7.33. The van der Waals surface area contributed by atoms with E-state index in [9.17, 15) is 23.9 Å². The maximum absolute atomic E-state index is 13.3. The van der Waals surface area contributed by atoms with Crippen LogP contribution in [0.4, 0.5) is 14.9 Å². The first-order valence-corrected chi connectivity index (χ1v) is 12.3. The van der Waals surface area contributed by atoms with Crippen molar-refractivity contribution in [1.29, 1.82) is 0 Å². The first kappa shape index (κ1) is 26.5. The van der Waals surface area contributed by atoms with Crippen LogP contribution in [0.2, 0.25) is 0 Å². The van der Waals surface area contributed by atoms with Crippen LogP contribution in [-0.2, 0) is 16.1 Å². The van der Waals surface area contributed by atoms with Gasteiger partial charge in [-0.1, -0.05) is 30.3 Å². The Hall–Kier alpha value is -3.11. The molecular weight excluding hydrogens is 471 g/mol. The predicted octanol–water partition coefficient (Wildman–Crippen LogP) is 3.00. The quantitative estimate of drug-likeness (QED) is 0.465. The lowest BCUT2D eigenvalue weighted by atomic mass is 9.99. The molecule has 1 fully saturated rings. The Balaban J connectivity index is 1.63. The molecule has 1 heterocycles. The summed E-state index contributed by atoms with van der Waals surface area (Å²) in [5.74, 6) is -1.24. The van der Waals surface area contributed by atoms with Gasteiger partial charge in [-0.25, -0.2) is 9.18 Å². The summed E-state index contributed by atoms with van der Waals surface area (Å²) < 4.78 is 12.8. The van der Waals surface area contributed by atoms with Crippen LogP contribution in [-0.4, -0.2) is 56.7 Å². The number of aliphatic hydroxyl groups is 1. The van der Waals surface area contributed by atoms with Gasteiger partial charge in [-0.2, -0.15) is 0 Å². The Labute approximate surface area is 208 Å². The summed E-state index contributed by atoms with van der Waals surface area (Å²) in [7, 11) is 0. The molecule has 4 N–H and O–H groups in total. The zero-order chi connectivity index (χ0) is 25.8. The number of aryl methyl sites for hydroxylation is 1. The van der Waals surface area contributed by atoms with Crippen molar-refractivity contribution in [3.63, 3.8) is 0 Å². The predicted molar refractivity (Wildman–Crippen MR) is 134 cm³/mol. The van der Waals surface area contributed by atoms with Crippen LogP contribution in [0.15, 0.2) is 48.5 Å². The summed E-state index contributed by atoms with van der Waals surface area (Å²) in [6.45, 7) is 7.52. The molecule has 3 atom stereocenters. The molecule has 2 aromatic carbocycles. The van der Waals surface area contributed by atoms with Crippen LogP contribution < -0.4 is 16.0 Å². The topological polar surface area (TPSA) is 111 Å². The lowest BCUT2D eigenvalue weighted by molar-refractivity contribution is -0.147. The molecule has 35 heavy (non-hydrogen) atoms. The lowest BCUT2D eigenvalue weighted by Gasteiger charge is -2.32. The van der Waals surface area contributed by atoms with E-state index in [-0.39, 0.29) is 17.5 Å². The molecule has 0 bridgehead atoms. The fourth-order valence-electron chi connectivity index (χ4n) is 3.90. The average Bonchev–Trinajstić information content (AvgIpc) is 3.12. The van der Waals surface area contributed by atoms with E-state index in [0.717, 1.165) is 17.2 Å². The Kier molecular flexibility index (Phi) is 8.39. The molecular formula is C25H31FN4O4S. The number of thioether (sulfide) groups is 1. The third kappa shape index (κ3) is 6.52. The van der Waals surface area contributed by atoms with E-state index < -0.39 is 40.7 Å². The molecule has 2 unspecified atom stereocenters. The normalized spacial score (nSPS) is 18.5. The summed E-state index contributed by atoms with van der Waals surface area (Å²) in [6.07, 6.45) is -1.57. The minimum atomic E-state index is -1.57. The Morgan fingerprint density at radius 3 is 2.60 bits per heavy atom. The number of carbonyl (C=O) groups excluding carboxylic acids is 3. The molecule has 0 saturated carbocycles. The Morgan fingerprint density at radius 1 is 1.20 bits per heavy atom. The maximum atomic E-state index is 13.3. The van der Waals surface area contributed by atoms with Gasteiger partial charge >= 0.3 is 6.03 Å². The lowest BCUT2D eigenvalue weighted by Crippen LogP contribution is -2.58. The highest BCUT2D eigenvalue weighted by atomic mass is 32.2. The van der Waals surface area contributed by atoms with Crippen molar-refractivity contribution in [2.45, 2.75) is 57.2 Å². The van der Waals surface area contributed by atoms with Crippen LogP contribution in [0.3, 0.4) is 0 Å². The van der Waals surface area contributed by atoms with Crippen LogP contribution in [0.25, 0.3) is 0 Å². The highest BCUT2D eigenvalue weighted by Crippen LogP contribution is 2.39. The molecule has 2 aromatic rings. The molecule has 3 rings (SSSR count). The maximum Gasteiger partial charge on any atom is 0.319 e. The van der Waals surface area contributed by atoms with E-state index >= 15 is 0 Å².